The number of hydrogen-bond acceptors (Lipinski definition) is 3. The monoisotopic (exact) mass is 293 g/mol. The molecule has 0 bridgehead atoms. The van der Waals surface area contributed by atoms with Gasteiger partial charge in [0.05, 0.1) is 13.5 Å². The zero-order valence-corrected chi connectivity index (χ0v) is 13.0. The fraction of sp³-hybridized carbons (Fsp3) is 0.500. The molecule has 1 aromatic rings. The Bertz CT molecular complexity index is 513. The number of nitrogens with one attached hydrogen (secondary N) is 1. The van der Waals surface area contributed by atoms with Crippen LogP contribution in [0.3, 0.4) is 0 Å². The molecule has 0 aromatic heterocycles. The van der Waals surface area contributed by atoms with Gasteiger partial charge in [0.25, 0.3) is 0 Å². The van der Waals surface area contributed by atoms with Crippen LogP contribution in [0.2, 0.25) is 0 Å². The van der Waals surface area contributed by atoms with E-state index in [0.29, 0.717) is 12.2 Å². The topological polar surface area (TPSA) is 75.6 Å². The summed E-state index contributed by atoms with van der Waals surface area (Å²) in [7, 11) is 1.55. The Balaban J connectivity index is 2.81. The van der Waals surface area contributed by atoms with Crippen LogP contribution in [0.15, 0.2) is 18.2 Å². The zero-order valence-electron chi connectivity index (χ0n) is 13.0. The standard InChI is InChI=1S/C16H23NO4/c1-5-11(3)15(16(19)20)17-14(18)9-12-8-10(2)6-7-13(12)21-4/h6-8,11,15H,5,9H2,1-4H3,(H,17,18)(H,19,20)/t11-,15-/m0/s1. The van der Waals surface area contributed by atoms with E-state index in [4.69, 9.17) is 4.74 Å². The molecule has 2 atom stereocenters. The predicted molar refractivity (Wildman–Crippen MR) is 80.5 cm³/mol. The molecule has 5 heteroatoms. The molecule has 1 rings (SSSR count). The first-order chi connectivity index (χ1) is 9.88. The van der Waals surface area contributed by atoms with Crippen LogP contribution in [0.4, 0.5) is 0 Å². The number of hydrogen-bond donors (Lipinski definition) is 2. The number of aryl methyl sites for hydroxylation is 1. The molecular weight excluding hydrogens is 270 g/mol. The van der Waals surface area contributed by atoms with Crippen molar-refractivity contribution in [3.63, 3.8) is 0 Å². The van der Waals surface area contributed by atoms with Crippen LogP contribution in [0.1, 0.15) is 31.4 Å². The zero-order chi connectivity index (χ0) is 16.0. The number of aliphatic carboxylic acids is 1. The predicted octanol–water partition coefficient (Wildman–Crippen LogP) is 2.16. The first kappa shape index (κ1) is 17.0. The highest BCUT2D eigenvalue weighted by atomic mass is 16.5. The third kappa shape index (κ3) is 4.77. The second-order valence-electron chi connectivity index (χ2n) is 5.26. The average Bonchev–Trinajstić information content (AvgIpc) is 2.44. The summed E-state index contributed by atoms with van der Waals surface area (Å²) in [5, 5.41) is 11.8. The number of carboxylic acids is 1. The number of carbonyl (C=O) groups is 2. The van der Waals surface area contributed by atoms with E-state index in [1.54, 1.807) is 13.2 Å². The summed E-state index contributed by atoms with van der Waals surface area (Å²) in [5.41, 5.74) is 1.78. The third-order valence-electron chi connectivity index (χ3n) is 3.58. The van der Waals surface area contributed by atoms with E-state index in [1.807, 2.05) is 32.9 Å². The Morgan fingerprint density at radius 3 is 2.57 bits per heavy atom. The van der Waals surface area contributed by atoms with Crippen molar-refractivity contribution in [3.8, 4) is 5.75 Å². The highest BCUT2D eigenvalue weighted by Crippen LogP contribution is 2.20. The van der Waals surface area contributed by atoms with Crippen molar-refractivity contribution in [2.45, 2.75) is 39.7 Å². The van der Waals surface area contributed by atoms with Crippen molar-refractivity contribution in [3.05, 3.63) is 29.3 Å². The lowest BCUT2D eigenvalue weighted by molar-refractivity contribution is -0.143. The maximum atomic E-state index is 12.1. The number of methoxy groups -OCH3 is 1. The second-order valence-corrected chi connectivity index (χ2v) is 5.26. The van der Waals surface area contributed by atoms with Gasteiger partial charge in [0.1, 0.15) is 11.8 Å². The second kappa shape index (κ2) is 7.67. The molecule has 0 saturated heterocycles. The molecule has 0 unspecified atom stereocenters. The number of amides is 1. The molecule has 0 radical (unpaired) electrons. The average molecular weight is 293 g/mol. The molecule has 1 amide bonds. The van der Waals surface area contributed by atoms with Gasteiger partial charge in [-0.2, -0.15) is 0 Å². The molecule has 21 heavy (non-hydrogen) atoms. The normalized spacial score (nSPS) is 13.3. The van der Waals surface area contributed by atoms with Gasteiger partial charge in [0.2, 0.25) is 5.91 Å². The van der Waals surface area contributed by atoms with Gasteiger partial charge in [-0.25, -0.2) is 4.79 Å². The molecule has 0 heterocycles. The van der Waals surface area contributed by atoms with Crippen molar-refractivity contribution in [1.29, 1.82) is 0 Å². The number of ether oxygens (including phenoxy) is 1. The SMILES string of the molecule is CC[C@H](C)[C@H](NC(=O)Cc1cc(C)ccc1OC)C(=O)O. The smallest absolute Gasteiger partial charge is 0.326 e. The van der Waals surface area contributed by atoms with E-state index < -0.39 is 12.0 Å². The summed E-state index contributed by atoms with van der Waals surface area (Å²) < 4.78 is 5.23. The fourth-order valence-corrected chi connectivity index (χ4v) is 2.13. The summed E-state index contributed by atoms with van der Waals surface area (Å²) in [4.78, 5) is 23.3. The van der Waals surface area contributed by atoms with Crippen molar-refractivity contribution in [2.24, 2.45) is 5.92 Å². The molecule has 0 aliphatic rings. The van der Waals surface area contributed by atoms with Crippen LogP contribution in [0.5, 0.6) is 5.75 Å². The van der Waals surface area contributed by atoms with Gasteiger partial charge in [-0.15, -0.1) is 0 Å². The Hall–Kier alpha value is -2.04. The van der Waals surface area contributed by atoms with Crippen LogP contribution in [-0.2, 0) is 16.0 Å². The van der Waals surface area contributed by atoms with Crippen LogP contribution in [0, 0.1) is 12.8 Å². The largest absolute Gasteiger partial charge is 0.496 e. The minimum atomic E-state index is -1.01. The van der Waals surface area contributed by atoms with E-state index in [9.17, 15) is 14.7 Å². The Labute approximate surface area is 125 Å². The summed E-state index contributed by atoms with van der Waals surface area (Å²) in [5.74, 6) is -0.808. The van der Waals surface area contributed by atoms with E-state index in [1.165, 1.54) is 0 Å². The van der Waals surface area contributed by atoms with E-state index in [2.05, 4.69) is 5.32 Å². The van der Waals surface area contributed by atoms with Crippen LogP contribution < -0.4 is 10.1 Å². The van der Waals surface area contributed by atoms with Crippen LogP contribution >= 0.6 is 0 Å². The van der Waals surface area contributed by atoms with Crippen LogP contribution in [-0.4, -0.2) is 30.1 Å². The summed E-state index contributed by atoms with van der Waals surface area (Å²) in [6, 6.07) is 4.72. The number of benzene rings is 1. The van der Waals surface area contributed by atoms with Crippen molar-refractivity contribution in [2.75, 3.05) is 7.11 Å². The number of carboxylic acid groups (broad SMARTS) is 1. The van der Waals surface area contributed by atoms with Gasteiger partial charge < -0.3 is 15.2 Å². The Kier molecular flexibility index (Phi) is 6.21. The lowest BCUT2D eigenvalue weighted by Crippen LogP contribution is -2.45. The highest BCUT2D eigenvalue weighted by Gasteiger charge is 2.25. The summed E-state index contributed by atoms with van der Waals surface area (Å²) in [6.45, 7) is 5.64. The van der Waals surface area contributed by atoms with Gasteiger partial charge in [-0.05, 0) is 18.9 Å². The molecule has 5 nitrogen and oxygen atoms in total. The molecule has 0 aliphatic heterocycles. The molecular formula is C16H23NO4. The van der Waals surface area contributed by atoms with E-state index >= 15 is 0 Å². The minimum Gasteiger partial charge on any atom is -0.496 e. The van der Waals surface area contributed by atoms with Gasteiger partial charge in [-0.1, -0.05) is 38.0 Å². The van der Waals surface area contributed by atoms with Crippen molar-refractivity contribution >= 4 is 11.9 Å². The molecule has 2 N–H and O–H groups in total. The van der Waals surface area contributed by atoms with Gasteiger partial charge in [0, 0.05) is 5.56 Å². The lowest BCUT2D eigenvalue weighted by Gasteiger charge is -2.20. The quantitative estimate of drug-likeness (QED) is 0.808. The molecule has 0 saturated carbocycles. The molecule has 1 aromatic carbocycles. The lowest BCUT2D eigenvalue weighted by atomic mass is 9.98. The fourth-order valence-electron chi connectivity index (χ4n) is 2.13. The Morgan fingerprint density at radius 2 is 2.05 bits per heavy atom. The minimum absolute atomic E-state index is 0.102. The van der Waals surface area contributed by atoms with Gasteiger partial charge in [-0.3, -0.25) is 4.79 Å². The van der Waals surface area contributed by atoms with Crippen LogP contribution in [0.25, 0.3) is 0 Å². The summed E-state index contributed by atoms with van der Waals surface area (Å²) in [6.07, 6.45) is 0.788. The van der Waals surface area contributed by atoms with Crippen molar-refractivity contribution in [1.82, 2.24) is 5.32 Å². The Morgan fingerprint density at radius 1 is 1.38 bits per heavy atom. The molecule has 0 spiro atoms. The first-order valence-corrected chi connectivity index (χ1v) is 7.04. The van der Waals surface area contributed by atoms with Crippen molar-refractivity contribution < 1.29 is 19.4 Å². The first-order valence-electron chi connectivity index (χ1n) is 7.04. The van der Waals surface area contributed by atoms with E-state index in [0.717, 1.165) is 11.1 Å². The number of rotatable bonds is 7. The molecule has 116 valence electrons. The van der Waals surface area contributed by atoms with Gasteiger partial charge in [0.15, 0.2) is 0 Å². The molecule has 0 aliphatic carbocycles. The highest BCUT2D eigenvalue weighted by molar-refractivity contribution is 5.85. The van der Waals surface area contributed by atoms with E-state index in [-0.39, 0.29) is 18.2 Å². The van der Waals surface area contributed by atoms with Gasteiger partial charge >= 0.3 is 5.97 Å². The summed E-state index contributed by atoms with van der Waals surface area (Å²) >= 11 is 0. The maximum Gasteiger partial charge on any atom is 0.326 e. The third-order valence-corrected chi connectivity index (χ3v) is 3.58. The number of carbonyl (C=O) groups excluding carboxylic acids is 1. The maximum absolute atomic E-state index is 12.1. The molecule has 0 fully saturated rings.